The van der Waals surface area contributed by atoms with Gasteiger partial charge in [-0.05, 0) is 31.5 Å². The number of amides is 1. The van der Waals surface area contributed by atoms with E-state index in [1.54, 1.807) is 23.1 Å². The third-order valence-corrected chi connectivity index (χ3v) is 3.17. The summed E-state index contributed by atoms with van der Waals surface area (Å²) in [6.07, 6.45) is 0.109. The number of likely N-dealkylation sites (N-methyl/N-ethyl adjacent to an activating group) is 1. The van der Waals surface area contributed by atoms with Crippen molar-refractivity contribution in [3.8, 4) is 5.75 Å². The van der Waals surface area contributed by atoms with E-state index in [1.807, 2.05) is 13.8 Å². The highest BCUT2D eigenvalue weighted by Gasteiger charge is 2.32. The fraction of sp³-hybridized carbons (Fsp3) is 0.429. The Hall–Kier alpha value is -2.04. The maximum atomic E-state index is 12.1. The molecule has 1 aromatic carbocycles. The van der Waals surface area contributed by atoms with Gasteiger partial charge in [0.1, 0.15) is 5.75 Å². The predicted molar refractivity (Wildman–Crippen MR) is 70.5 cm³/mol. The van der Waals surface area contributed by atoms with Crippen molar-refractivity contribution in [3.63, 3.8) is 0 Å². The first-order valence-corrected chi connectivity index (χ1v) is 6.32. The van der Waals surface area contributed by atoms with E-state index in [1.165, 1.54) is 7.11 Å². The molecular formula is C14H17NO4. The number of carbonyl (C=O) groups excluding carboxylic acids is 2. The minimum absolute atomic E-state index is 0.0386. The SMILES string of the molecule is CCC1Oc2cc(C(=O)OC)ccc2N(CC)C1=O. The van der Waals surface area contributed by atoms with Gasteiger partial charge in [0.15, 0.2) is 6.10 Å². The highest BCUT2D eigenvalue weighted by Crippen LogP contribution is 2.35. The van der Waals surface area contributed by atoms with Crippen molar-refractivity contribution in [2.45, 2.75) is 26.4 Å². The van der Waals surface area contributed by atoms with Crippen molar-refractivity contribution < 1.29 is 19.1 Å². The Bertz CT molecular complexity index is 512. The second-order valence-electron chi connectivity index (χ2n) is 4.27. The Labute approximate surface area is 112 Å². The number of nitrogens with zero attached hydrogens (tertiary/aromatic N) is 1. The number of rotatable bonds is 3. The summed E-state index contributed by atoms with van der Waals surface area (Å²) in [5, 5.41) is 0. The standard InChI is InChI=1S/C14H17NO4/c1-4-11-13(16)15(5-2)10-7-6-9(14(17)18-3)8-12(10)19-11/h6-8,11H,4-5H2,1-3H3. The van der Waals surface area contributed by atoms with E-state index in [-0.39, 0.29) is 5.91 Å². The first-order chi connectivity index (χ1) is 9.12. The van der Waals surface area contributed by atoms with E-state index in [0.29, 0.717) is 30.0 Å². The number of benzene rings is 1. The molecule has 1 unspecified atom stereocenters. The van der Waals surface area contributed by atoms with Crippen LogP contribution in [0.15, 0.2) is 18.2 Å². The zero-order chi connectivity index (χ0) is 14.0. The smallest absolute Gasteiger partial charge is 0.337 e. The molecule has 1 heterocycles. The summed E-state index contributed by atoms with van der Waals surface area (Å²) in [4.78, 5) is 25.3. The van der Waals surface area contributed by atoms with E-state index in [2.05, 4.69) is 4.74 Å². The van der Waals surface area contributed by atoms with Crippen molar-refractivity contribution >= 4 is 17.6 Å². The van der Waals surface area contributed by atoms with Crippen LogP contribution in [0.3, 0.4) is 0 Å². The first kappa shape index (κ1) is 13.4. The minimum atomic E-state index is -0.486. The van der Waals surface area contributed by atoms with Crippen LogP contribution in [0, 0.1) is 0 Å². The zero-order valence-corrected chi connectivity index (χ0v) is 11.3. The summed E-state index contributed by atoms with van der Waals surface area (Å²) in [6, 6.07) is 4.98. The molecule has 0 saturated heterocycles. The molecule has 102 valence electrons. The van der Waals surface area contributed by atoms with Crippen LogP contribution >= 0.6 is 0 Å². The highest BCUT2D eigenvalue weighted by molar-refractivity contribution is 6.01. The number of ether oxygens (including phenoxy) is 2. The van der Waals surface area contributed by atoms with Gasteiger partial charge in [-0.25, -0.2) is 4.79 Å². The monoisotopic (exact) mass is 263 g/mol. The van der Waals surface area contributed by atoms with Gasteiger partial charge in [-0.2, -0.15) is 0 Å². The lowest BCUT2D eigenvalue weighted by Gasteiger charge is -2.33. The molecule has 1 aromatic rings. The number of carbonyl (C=O) groups is 2. The van der Waals surface area contributed by atoms with E-state index >= 15 is 0 Å². The number of fused-ring (bicyclic) bond motifs is 1. The number of methoxy groups -OCH3 is 1. The van der Waals surface area contributed by atoms with Crippen LogP contribution in [0.25, 0.3) is 0 Å². The predicted octanol–water partition coefficient (Wildman–Crippen LogP) is 2.00. The average molecular weight is 263 g/mol. The van der Waals surface area contributed by atoms with E-state index < -0.39 is 12.1 Å². The topological polar surface area (TPSA) is 55.8 Å². The Morgan fingerprint density at radius 3 is 2.74 bits per heavy atom. The fourth-order valence-electron chi connectivity index (χ4n) is 2.16. The molecule has 19 heavy (non-hydrogen) atoms. The first-order valence-electron chi connectivity index (χ1n) is 6.32. The average Bonchev–Trinajstić information content (AvgIpc) is 2.45. The van der Waals surface area contributed by atoms with Crippen LogP contribution in [0.5, 0.6) is 5.75 Å². The van der Waals surface area contributed by atoms with Crippen molar-refractivity contribution in [2.75, 3.05) is 18.6 Å². The van der Waals surface area contributed by atoms with Crippen LogP contribution in [0.2, 0.25) is 0 Å². The molecule has 0 aliphatic carbocycles. The van der Waals surface area contributed by atoms with E-state index in [9.17, 15) is 9.59 Å². The normalized spacial score (nSPS) is 17.7. The molecule has 0 spiro atoms. The number of esters is 1. The second-order valence-corrected chi connectivity index (χ2v) is 4.27. The third-order valence-electron chi connectivity index (χ3n) is 3.17. The van der Waals surface area contributed by atoms with Crippen molar-refractivity contribution in [2.24, 2.45) is 0 Å². The minimum Gasteiger partial charge on any atom is -0.478 e. The Morgan fingerprint density at radius 2 is 2.16 bits per heavy atom. The zero-order valence-electron chi connectivity index (χ0n) is 11.3. The van der Waals surface area contributed by atoms with Crippen LogP contribution in [0.1, 0.15) is 30.6 Å². The second kappa shape index (κ2) is 5.30. The summed E-state index contributed by atoms with van der Waals surface area (Å²) < 4.78 is 10.3. The molecule has 1 atom stereocenters. The summed E-state index contributed by atoms with van der Waals surface area (Å²) in [7, 11) is 1.33. The lowest BCUT2D eigenvalue weighted by Crippen LogP contribution is -2.45. The molecule has 5 nitrogen and oxygen atoms in total. The summed E-state index contributed by atoms with van der Waals surface area (Å²) in [5.41, 5.74) is 1.12. The Morgan fingerprint density at radius 1 is 1.42 bits per heavy atom. The number of hydrogen-bond donors (Lipinski definition) is 0. The molecule has 0 saturated carbocycles. The van der Waals surface area contributed by atoms with Crippen LogP contribution < -0.4 is 9.64 Å². The van der Waals surface area contributed by atoms with Gasteiger partial charge in [-0.1, -0.05) is 6.92 Å². The summed E-state index contributed by atoms with van der Waals surface area (Å²) in [5.74, 6) is 0.0962. The van der Waals surface area contributed by atoms with Gasteiger partial charge in [0.2, 0.25) is 0 Å². The van der Waals surface area contributed by atoms with Gasteiger partial charge >= 0.3 is 5.97 Å². The molecule has 1 amide bonds. The maximum Gasteiger partial charge on any atom is 0.337 e. The maximum absolute atomic E-state index is 12.1. The molecule has 0 fully saturated rings. The Kier molecular flexibility index (Phi) is 3.74. The van der Waals surface area contributed by atoms with Gasteiger partial charge in [-0.15, -0.1) is 0 Å². The van der Waals surface area contributed by atoms with Gasteiger partial charge in [0, 0.05) is 6.54 Å². The van der Waals surface area contributed by atoms with Crippen molar-refractivity contribution in [3.05, 3.63) is 23.8 Å². The van der Waals surface area contributed by atoms with E-state index in [0.717, 1.165) is 0 Å². The third kappa shape index (κ3) is 2.28. The Balaban J connectivity index is 2.44. The lowest BCUT2D eigenvalue weighted by molar-refractivity contribution is -0.126. The molecule has 0 radical (unpaired) electrons. The van der Waals surface area contributed by atoms with Gasteiger partial charge in [-0.3, -0.25) is 4.79 Å². The van der Waals surface area contributed by atoms with Gasteiger partial charge < -0.3 is 14.4 Å². The molecule has 5 heteroatoms. The summed E-state index contributed by atoms with van der Waals surface area (Å²) in [6.45, 7) is 4.38. The molecule has 1 aliphatic heterocycles. The fourth-order valence-corrected chi connectivity index (χ4v) is 2.16. The van der Waals surface area contributed by atoms with Gasteiger partial charge in [0.05, 0.1) is 18.4 Å². The molecule has 1 aliphatic rings. The molecular weight excluding hydrogens is 246 g/mol. The molecule has 2 rings (SSSR count). The number of anilines is 1. The molecule has 0 N–H and O–H groups in total. The molecule has 0 aromatic heterocycles. The van der Waals surface area contributed by atoms with Crippen molar-refractivity contribution in [1.82, 2.24) is 0 Å². The van der Waals surface area contributed by atoms with Gasteiger partial charge in [0.25, 0.3) is 5.91 Å². The van der Waals surface area contributed by atoms with Crippen LogP contribution in [-0.4, -0.2) is 31.6 Å². The quantitative estimate of drug-likeness (QED) is 0.783. The summed E-state index contributed by atoms with van der Waals surface area (Å²) >= 11 is 0. The van der Waals surface area contributed by atoms with Crippen molar-refractivity contribution in [1.29, 1.82) is 0 Å². The highest BCUT2D eigenvalue weighted by atomic mass is 16.5. The van der Waals surface area contributed by atoms with E-state index in [4.69, 9.17) is 4.74 Å². The largest absolute Gasteiger partial charge is 0.478 e. The number of hydrogen-bond acceptors (Lipinski definition) is 4. The van der Waals surface area contributed by atoms with Crippen LogP contribution in [0.4, 0.5) is 5.69 Å². The van der Waals surface area contributed by atoms with Crippen LogP contribution in [-0.2, 0) is 9.53 Å². The lowest BCUT2D eigenvalue weighted by atomic mass is 10.1. The molecule has 0 bridgehead atoms.